The molecule has 17 heavy (non-hydrogen) atoms. The van der Waals surface area contributed by atoms with Crippen LogP contribution in [0.5, 0.6) is 5.75 Å². The molecule has 0 fully saturated rings. The summed E-state index contributed by atoms with van der Waals surface area (Å²) < 4.78 is 5.38. The van der Waals surface area contributed by atoms with Gasteiger partial charge in [-0.2, -0.15) is 0 Å². The van der Waals surface area contributed by atoms with E-state index in [0.29, 0.717) is 17.9 Å². The Morgan fingerprint density at radius 1 is 1.35 bits per heavy atom. The van der Waals surface area contributed by atoms with Gasteiger partial charge in [-0.3, -0.25) is 10.2 Å². The summed E-state index contributed by atoms with van der Waals surface area (Å²) in [6, 6.07) is 5.83. The van der Waals surface area contributed by atoms with Crippen LogP contribution in [-0.4, -0.2) is 18.5 Å². The number of nitrogens with one attached hydrogen (secondary N) is 2. The average molecular weight is 237 g/mol. The second-order valence-corrected chi connectivity index (χ2v) is 3.32. The Bertz CT molecular complexity index is 407. The van der Waals surface area contributed by atoms with Crippen molar-refractivity contribution in [3.63, 3.8) is 0 Å². The number of amides is 3. The number of carbonyl (C=O) groups excluding carboxylic acids is 2. The predicted molar refractivity (Wildman–Crippen MR) is 62.4 cm³/mol. The van der Waals surface area contributed by atoms with Gasteiger partial charge in [0.1, 0.15) is 5.75 Å². The summed E-state index contributed by atoms with van der Waals surface area (Å²) in [6.45, 7) is 2.58. The lowest BCUT2D eigenvalue weighted by molar-refractivity contribution is 0.0937. The van der Waals surface area contributed by atoms with Crippen LogP contribution in [0.2, 0.25) is 0 Å². The standard InChI is InChI=1S/C11H15N3O3/c1-2-6-17-9-5-3-4-8(7-9)10(15)13-14-11(12)16/h3-5,7H,2,6H2,1H3,(H,13,15)(H3,12,14,16). The second kappa shape index (κ2) is 6.37. The van der Waals surface area contributed by atoms with Crippen LogP contribution in [0.15, 0.2) is 24.3 Å². The second-order valence-electron chi connectivity index (χ2n) is 3.32. The number of urea groups is 1. The summed E-state index contributed by atoms with van der Waals surface area (Å²) in [4.78, 5) is 22.0. The topological polar surface area (TPSA) is 93.4 Å². The fourth-order valence-electron chi connectivity index (χ4n) is 1.14. The van der Waals surface area contributed by atoms with Crippen LogP contribution < -0.4 is 21.3 Å². The summed E-state index contributed by atoms with van der Waals surface area (Å²) in [6.07, 6.45) is 0.889. The summed E-state index contributed by atoms with van der Waals surface area (Å²) in [5.41, 5.74) is 9.37. The molecule has 0 radical (unpaired) electrons. The van der Waals surface area contributed by atoms with E-state index in [1.54, 1.807) is 24.3 Å². The smallest absolute Gasteiger partial charge is 0.330 e. The third-order valence-corrected chi connectivity index (χ3v) is 1.87. The van der Waals surface area contributed by atoms with Crippen molar-refractivity contribution in [3.8, 4) is 5.75 Å². The van der Waals surface area contributed by atoms with Gasteiger partial charge in [0.15, 0.2) is 0 Å². The minimum absolute atomic E-state index is 0.382. The lowest BCUT2D eigenvalue weighted by Gasteiger charge is -2.07. The molecule has 0 saturated heterocycles. The zero-order valence-corrected chi connectivity index (χ0v) is 9.53. The first-order valence-electron chi connectivity index (χ1n) is 5.22. The number of hydrazine groups is 1. The Labute approximate surface area is 99.1 Å². The van der Waals surface area contributed by atoms with Crippen molar-refractivity contribution in [2.24, 2.45) is 5.73 Å². The van der Waals surface area contributed by atoms with Gasteiger partial charge in [-0.15, -0.1) is 0 Å². The first-order valence-corrected chi connectivity index (χ1v) is 5.22. The third kappa shape index (κ3) is 4.42. The fraction of sp³-hybridized carbons (Fsp3) is 0.273. The number of rotatable bonds is 4. The molecule has 4 N–H and O–H groups in total. The highest BCUT2D eigenvalue weighted by atomic mass is 16.5. The first kappa shape index (κ1) is 12.8. The molecule has 1 aromatic rings. The number of carbonyl (C=O) groups is 2. The summed E-state index contributed by atoms with van der Waals surface area (Å²) in [7, 11) is 0. The summed E-state index contributed by atoms with van der Waals surface area (Å²) >= 11 is 0. The summed E-state index contributed by atoms with van der Waals surface area (Å²) in [5.74, 6) is 0.157. The molecule has 1 aromatic carbocycles. The average Bonchev–Trinajstić information content (AvgIpc) is 2.33. The normalized spacial score (nSPS) is 9.47. The van der Waals surface area contributed by atoms with E-state index in [-0.39, 0.29) is 0 Å². The molecule has 0 aliphatic heterocycles. The molecule has 6 heteroatoms. The van der Waals surface area contributed by atoms with E-state index in [4.69, 9.17) is 10.5 Å². The number of primary amides is 1. The molecule has 0 heterocycles. The van der Waals surface area contributed by atoms with Crippen LogP contribution in [0.25, 0.3) is 0 Å². The highest BCUT2D eigenvalue weighted by Crippen LogP contribution is 2.13. The van der Waals surface area contributed by atoms with E-state index in [1.807, 2.05) is 12.3 Å². The Hall–Kier alpha value is -2.24. The van der Waals surface area contributed by atoms with Crippen LogP contribution in [0.3, 0.4) is 0 Å². The maximum Gasteiger partial charge on any atom is 0.330 e. The van der Waals surface area contributed by atoms with Gasteiger partial charge >= 0.3 is 6.03 Å². The highest BCUT2D eigenvalue weighted by molar-refractivity contribution is 5.95. The van der Waals surface area contributed by atoms with E-state index in [2.05, 4.69) is 5.43 Å². The largest absolute Gasteiger partial charge is 0.494 e. The van der Waals surface area contributed by atoms with Crippen LogP contribution in [0, 0.1) is 0 Å². The quantitative estimate of drug-likeness (QED) is 0.676. The molecule has 1 rings (SSSR count). The van der Waals surface area contributed by atoms with Gasteiger partial charge in [0.2, 0.25) is 0 Å². The molecule has 6 nitrogen and oxygen atoms in total. The van der Waals surface area contributed by atoms with Gasteiger partial charge in [0.05, 0.1) is 6.61 Å². The van der Waals surface area contributed by atoms with Crippen LogP contribution in [0.1, 0.15) is 23.7 Å². The fourth-order valence-corrected chi connectivity index (χ4v) is 1.14. The Morgan fingerprint density at radius 2 is 2.12 bits per heavy atom. The summed E-state index contributed by atoms with van der Waals surface area (Å²) in [5, 5.41) is 0. The monoisotopic (exact) mass is 237 g/mol. The molecule has 0 unspecified atom stereocenters. The van der Waals surface area contributed by atoms with Crippen LogP contribution >= 0.6 is 0 Å². The molecule has 0 spiro atoms. The van der Waals surface area contributed by atoms with Crippen molar-refractivity contribution in [3.05, 3.63) is 29.8 Å². The number of ether oxygens (including phenoxy) is 1. The van der Waals surface area contributed by atoms with Gasteiger partial charge in [-0.05, 0) is 24.6 Å². The van der Waals surface area contributed by atoms with Crippen molar-refractivity contribution in [2.75, 3.05) is 6.61 Å². The number of benzene rings is 1. The van der Waals surface area contributed by atoms with Crippen molar-refractivity contribution < 1.29 is 14.3 Å². The van der Waals surface area contributed by atoms with E-state index in [1.165, 1.54) is 0 Å². The molecular formula is C11H15N3O3. The van der Waals surface area contributed by atoms with E-state index >= 15 is 0 Å². The van der Waals surface area contributed by atoms with Crippen molar-refractivity contribution in [2.45, 2.75) is 13.3 Å². The Balaban J connectivity index is 2.63. The van der Waals surface area contributed by atoms with Gasteiger partial charge in [0, 0.05) is 5.56 Å². The number of hydrogen-bond donors (Lipinski definition) is 3. The minimum Gasteiger partial charge on any atom is -0.494 e. The molecule has 0 atom stereocenters. The lowest BCUT2D eigenvalue weighted by atomic mass is 10.2. The van der Waals surface area contributed by atoms with Gasteiger partial charge in [0.25, 0.3) is 5.91 Å². The molecule has 0 aromatic heterocycles. The molecular weight excluding hydrogens is 222 g/mol. The molecule has 3 amide bonds. The van der Waals surface area contributed by atoms with Crippen LogP contribution in [-0.2, 0) is 0 Å². The van der Waals surface area contributed by atoms with Gasteiger partial charge in [-0.25, -0.2) is 10.2 Å². The zero-order valence-electron chi connectivity index (χ0n) is 9.53. The molecule has 0 bridgehead atoms. The molecule has 0 aliphatic rings. The van der Waals surface area contributed by atoms with Crippen molar-refractivity contribution in [1.29, 1.82) is 0 Å². The highest BCUT2D eigenvalue weighted by Gasteiger charge is 2.06. The molecule has 0 saturated carbocycles. The maximum absolute atomic E-state index is 11.5. The minimum atomic E-state index is -0.822. The van der Waals surface area contributed by atoms with Gasteiger partial charge < -0.3 is 10.5 Å². The van der Waals surface area contributed by atoms with Crippen molar-refractivity contribution in [1.82, 2.24) is 10.9 Å². The van der Waals surface area contributed by atoms with E-state index < -0.39 is 11.9 Å². The number of hydrogen-bond acceptors (Lipinski definition) is 3. The van der Waals surface area contributed by atoms with E-state index in [0.717, 1.165) is 6.42 Å². The third-order valence-electron chi connectivity index (χ3n) is 1.87. The molecule has 92 valence electrons. The Kier molecular flexibility index (Phi) is 4.80. The number of nitrogens with two attached hydrogens (primary N) is 1. The predicted octanol–water partition coefficient (Wildman–Crippen LogP) is 0.789. The zero-order chi connectivity index (χ0) is 12.7. The first-order chi connectivity index (χ1) is 8.13. The maximum atomic E-state index is 11.5. The van der Waals surface area contributed by atoms with E-state index in [9.17, 15) is 9.59 Å². The Morgan fingerprint density at radius 3 is 2.76 bits per heavy atom. The van der Waals surface area contributed by atoms with Crippen LogP contribution in [0.4, 0.5) is 4.79 Å². The lowest BCUT2D eigenvalue weighted by Crippen LogP contribution is -2.44. The molecule has 0 aliphatic carbocycles. The van der Waals surface area contributed by atoms with Crippen molar-refractivity contribution >= 4 is 11.9 Å². The van der Waals surface area contributed by atoms with Gasteiger partial charge in [-0.1, -0.05) is 13.0 Å². The SMILES string of the molecule is CCCOc1cccc(C(=O)NNC(N)=O)c1.